The molecule has 218 valence electrons. The third-order valence-electron chi connectivity index (χ3n) is 9.20. The van der Waals surface area contributed by atoms with Crippen LogP contribution in [0.3, 0.4) is 0 Å². The Bertz CT molecular complexity index is 1230. The molecule has 2 fully saturated rings. The van der Waals surface area contributed by atoms with Gasteiger partial charge in [0.2, 0.25) is 6.79 Å². The Morgan fingerprint density at radius 2 is 1.88 bits per heavy atom. The number of fused-ring (bicyclic) bond motifs is 3. The van der Waals surface area contributed by atoms with E-state index in [9.17, 15) is 9.59 Å². The second kappa shape index (κ2) is 10.2. The van der Waals surface area contributed by atoms with Gasteiger partial charge in [-0.05, 0) is 88.3 Å². The van der Waals surface area contributed by atoms with E-state index in [0.29, 0.717) is 12.2 Å². The van der Waals surface area contributed by atoms with Gasteiger partial charge in [-0.2, -0.15) is 0 Å². The van der Waals surface area contributed by atoms with Gasteiger partial charge in [0.15, 0.2) is 28.3 Å². The Morgan fingerprint density at radius 3 is 2.60 bits per heavy atom. The van der Waals surface area contributed by atoms with Crippen molar-refractivity contribution >= 4 is 22.8 Å². The Morgan fingerprint density at radius 1 is 1.10 bits per heavy atom. The standard InChI is InChI=1S/C31H41NO7S/c1-19(2)40-25(33)17-31(11-6-9-29(3,4)39-31)28(34)38-27-24(35-5)16-30-10-7-12-32(30)13-8-20-14-22-23(37-18-36-22)15-21(20)26(27)30/h14-16,19,26-27H,6-13,17-18H2,1-5H3/t26-,27?,30+,31-/m1/s1. The molecule has 1 unspecified atom stereocenters. The van der Waals surface area contributed by atoms with E-state index in [1.807, 2.05) is 27.7 Å². The molecule has 0 N–H and O–H groups in total. The van der Waals surface area contributed by atoms with Crippen LogP contribution in [0, 0.1) is 0 Å². The first kappa shape index (κ1) is 27.9. The Labute approximate surface area is 241 Å². The van der Waals surface area contributed by atoms with E-state index in [0.717, 1.165) is 62.3 Å². The summed E-state index contributed by atoms with van der Waals surface area (Å²) in [6, 6.07) is 4.17. The lowest BCUT2D eigenvalue weighted by molar-refractivity contribution is -0.213. The third-order valence-corrected chi connectivity index (χ3v) is 10.1. The topological polar surface area (TPSA) is 83.5 Å². The summed E-state index contributed by atoms with van der Waals surface area (Å²) in [5.74, 6) is 1.50. The highest BCUT2D eigenvalue weighted by Crippen LogP contribution is 2.56. The van der Waals surface area contributed by atoms with Crippen molar-refractivity contribution < 1.29 is 33.3 Å². The van der Waals surface area contributed by atoms with E-state index in [4.69, 9.17) is 23.7 Å². The van der Waals surface area contributed by atoms with E-state index in [1.54, 1.807) is 7.11 Å². The number of hydrogen-bond donors (Lipinski definition) is 0. The summed E-state index contributed by atoms with van der Waals surface area (Å²) < 4.78 is 30.5. The molecule has 8 nitrogen and oxygen atoms in total. The molecule has 5 aliphatic rings. The molecular weight excluding hydrogens is 530 g/mol. The van der Waals surface area contributed by atoms with Crippen LogP contribution in [0.1, 0.15) is 83.3 Å². The molecule has 9 heteroatoms. The fourth-order valence-electron chi connectivity index (χ4n) is 7.63. The normalized spacial score (nSPS) is 32.1. The maximum Gasteiger partial charge on any atom is 0.339 e. The molecular formula is C31H41NO7S. The van der Waals surface area contributed by atoms with Crippen molar-refractivity contribution in [2.24, 2.45) is 0 Å². The van der Waals surface area contributed by atoms with Gasteiger partial charge in [0, 0.05) is 11.8 Å². The van der Waals surface area contributed by atoms with Crippen LogP contribution in [0.15, 0.2) is 24.0 Å². The van der Waals surface area contributed by atoms with Gasteiger partial charge in [0.25, 0.3) is 0 Å². The number of rotatable bonds is 6. The Hall–Kier alpha value is -2.23. The summed E-state index contributed by atoms with van der Waals surface area (Å²) in [6.45, 7) is 10.0. The highest BCUT2D eigenvalue weighted by molar-refractivity contribution is 8.14. The van der Waals surface area contributed by atoms with Crippen LogP contribution < -0.4 is 9.47 Å². The molecule has 0 amide bonds. The predicted octanol–water partition coefficient (Wildman–Crippen LogP) is 5.12. The minimum Gasteiger partial charge on any atom is -0.497 e. The summed E-state index contributed by atoms with van der Waals surface area (Å²) in [5.41, 5.74) is 0.112. The number of nitrogens with zero attached hydrogens (tertiary/aromatic N) is 1. The zero-order valence-electron chi connectivity index (χ0n) is 24.2. The highest BCUT2D eigenvalue weighted by Gasteiger charge is 2.59. The van der Waals surface area contributed by atoms with Crippen molar-refractivity contribution in [1.82, 2.24) is 4.90 Å². The lowest BCUT2D eigenvalue weighted by Gasteiger charge is -2.44. The summed E-state index contributed by atoms with van der Waals surface area (Å²) in [7, 11) is 1.65. The average molecular weight is 572 g/mol. The van der Waals surface area contributed by atoms with Crippen molar-refractivity contribution in [2.45, 2.75) is 107 Å². The molecule has 1 spiro atoms. The van der Waals surface area contributed by atoms with Crippen LogP contribution in [0.4, 0.5) is 0 Å². The Kier molecular flexibility index (Phi) is 7.15. The zero-order valence-corrected chi connectivity index (χ0v) is 25.1. The molecule has 2 saturated heterocycles. The van der Waals surface area contributed by atoms with E-state index in [1.165, 1.54) is 17.3 Å². The minimum atomic E-state index is -1.33. The lowest BCUT2D eigenvalue weighted by Crippen LogP contribution is -2.54. The van der Waals surface area contributed by atoms with E-state index in [2.05, 4.69) is 23.1 Å². The number of thioether (sulfide) groups is 1. The first-order valence-electron chi connectivity index (χ1n) is 14.6. The number of hydrogen-bond acceptors (Lipinski definition) is 9. The fraction of sp³-hybridized carbons (Fsp3) is 0.677. The second-order valence-corrected chi connectivity index (χ2v) is 14.3. The number of benzene rings is 1. The SMILES string of the molecule is COC1=C[C@]23CCCN2CCc2cc4c(cc2[C@@H]3C1OC(=O)[C@]1(CC(=O)SC(C)C)CCCC(C)(C)O1)OCO4. The third kappa shape index (κ3) is 4.71. The summed E-state index contributed by atoms with van der Waals surface area (Å²) in [6.07, 6.45) is 6.49. The molecule has 0 aromatic heterocycles. The molecule has 0 bridgehead atoms. The zero-order chi connectivity index (χ0) is 28.3. The predicted molar refractivity (Wildman–Crippen MR) is 152 cm³/mol. The molecule has 1 aliphatic carbocycles. The maximum absolute atomic E-state index is 14.3. The maximum atomic E-state index is 14.3. The van der Waals surface area contributed by atoms with Gasteiger partial charge in [0.1, 0.15) is 5.76 Å². The van der Waals surface area contributed by atoms with Crippen LogP contribution in [-0.2, 0) is 30.2 Å². The van der Waals surface area contributed by atoms with Crippen molar-refractivity contribution in [3.05, 3.63) is 35.1 Å². The molecule has 40 heavy (non-hydrogen) atoms. The molecule has 4 aliphatic heterocycles. The monoisotopic (exact) mass is 571 g/mol. The van der Waals surface area contributed by atoms with E-state index < -0.39 is 23.3 Å². The smallest absolute Gasteiger partial charge is 0.339 e. The van der Waals surface area contributed by atoms with E-state index >= 15 is 0 Å². The van der Waals surface area contributed by atoms with Crippen molar-refractivity contribution in [3.8, 4) is 11.5 Å². The molecule has 1 aromatic carbocycles. The number of ether oxygens (including phenoxy) is 5. The van der Waals surface area contributed by atoms with E-state index in [-0.39, 0.29) is 35.0 Å². The van der Waals surface area contributed by atoms with Gasteiger partial charge in [-0.3, -0.25) is 9.69 Å². The Balaban J connectivity index is 1.39. The quantitative estimate of drug-likeness (QED) is 0.432. The summed E-state index contributed by atoms with van der Waals surface area (Å²) in [5, 5.41) is 0.0724. The molecule has 1 aromatic rings. The average Bonchev–Trinajstić information content (AvgIpc) is 3.56. The fourth-order valence-corrected chi connectivity index (χ4v) is 8.47. The van der Waals surface area contributed by atoms with Gasteiger partial charge >= 0.3 is 5.97 Å². The van der Waals surface area contributed by atoms with Crippen molar-refractivity contribution in [3.63, 3.8) is 0 Å². The van der Waals surface area contributed by atoms with Crippen LogP contribution >= 0.6 is 11.8 Å². The van der Waals surface area contributed by atoms with Crippen LogP contribution in [0.2, 0.25) is 0 Å². The molecule has 4 atom stereocenters. The number of esters is 1. The largest absolute Gasteiger partial charge is 0.497 e. The lowest BCUT2D eigenvalue weighted by atomic mass is 9.77. The van der Waals surface area contributed by atoms with Gasteiger partial charge in [-0.25, -0.2) is 4.79 Å². The number of methoxy groups -OCH3 is 1. The molecule has 4 heterocycles. The number of carbonyl (C=O) groups is 2. The van der Waals surface area contributed by atoms with Gasteiger partial charge in [-0.15, -0.1) is 0 Å². The van der Waals surface area contributed by atoms with Crippen molar-refractivity contribution in [2.75, 3.05) is 27.0 Å². The number of carbonyl (C=O) groups excluding carboxylic acids is 2. The first-order valence-corrected chi connectivity index (χ1v) is 15.5. The van der Waals surface area contributed by atoms with Crippen LogP contribution in [-0.4, -0.2) is 71.1 Å². The minimum absolute atomic E-state index is 0.00588. The first-order chi connectivity index (χ1) is 19.1. The van der Waals surface area contributed by atoms with Crippen LogP contribution in [0.5, 0.6) is 11.5 Å². The summed E-state index contributed by atoms with van der Waals surface area (Å²) in [4.78, 5) is 30.0. The van der Waals surface area contributed by atoms with Gasteiger partial charge < -0.3 is 23.7 Å². The second-order valence-electron chi connectivity index (χ2n) is 12.7. The molecule has 0 saturated carbocycles. The molecule has 0 radical (unpaired) electrons. The van der Waals surface area contributed by atoms with Crippen LogP contribution in [0.25, 0.3) is 0 Å². The molecule has 6 rings (SSSR count). The van der Waals surface area contributed by atoms with Gasteiger partial charge in [-0.1, -0.05) is 25.6 Å². The highest BCUT2D eigenvalue weighted by atomic mass is 32.2. The van der Waals surface area contributed by atoms with Crippen molar-refractivity contribution in [1.29, 1.82) is 0 Å². The summed E-state index contributed by atoms with van der Waals surface area (Å²) >= 11 is 1.25. The van der Waals surface area contributed by atoms with Gasteiger partial charge in [0.05, 0.1) is 30.6 Å².